The van der Waals surface area contributed by atoms with Gasteiger partial charge in [-0.3, -0.25) is 9.97 Å². The Morgan fingerprint density at radius 2 is 2.08 bits per heavy atom. The highest BCUT2D eigenvalue weighted by atomic mass is 16.4. The van der Waals surface area contributed by atoms with Gasteiger partial charge < -0.3 is 4.42 Å². The molecule has 2 aromatic rings. The van der Waals surface area contributed by atoms with Crippen molar-refractivity contribution in [1.82, 2.24) is 9.97 Å². The largest absolute Gasteiger partial charge is 0.417 e. The molecule has 1 N–H and O–H groups in total. The van der Waals surface area contributed by atoms with E-state index in [1.165, 1.54) is 0 Å². The zero-order valence-electron chi connectivity index (χ0n) is 7.07. The van der Waals surface area contributed by atoms with Crippen molar-refractivity contribution < 1.29 is 4.42 Å². The summed E-state index contributed by atoms with van der Waals surface area (Å²) in [7, 11) is 0. The third-order valence-corrected chi connectivity index (χ3v) is 1.77. The lowest BCUT2D eigenvalue weighted by Gasteiger charge is -1.94. The van der Waals surface area contributed by atoms with Crippen molar-refractivity contribution in [2.24, 2.45) is 0 Å². The second kappa shape index (κ2) is 2.90. The van der Waals surface area contributed by atoms with Crippen molar-refractivity contribution in [3.05, 3.63) is 40.8 Å². The van der Waals surface area contributed by atoms with E-state index in [9.17, 15) is 4.79 Å². The quantitative estimate of drug-likeness (QED) is 0.713. The fraction of sp³-hybridized carbons (Fsp3) is 0.111. The fourth-order valence-corrected chi connectivity index (χ4v) is 1.18. The SMILES string of the molecule is Cc1[nH]c(=O)oc1-c1ccncc1. The second-order valence-corrected chi connectivity index (χ2v) is 2.70. The van der Waals surface area contributed by atoms with Crippen LogP contribution in [0.2, 0.25) is 0 Å². The van der Waals surface area contributed by atoms with Crippen molar-refractivity contribution in [2.75, 3.05) is 0 Å². The van der Waals surface area contributed by atoms with E-state index in [0.29, 0.717) is 5.76 Å². The number of pyridine rings is 1. The number of rotatable bonds is 1. The predicted molar refractivity (Wildman–Crippen MR) is 47.3 cm³/mol. The maximum Gasteiger partial charge on any atom is 0.417 e. The van der Waals surface area contributed by atoms with Crippen LogP contribution in [0.3, 0.4) is 0 Å². The Bertz CT molecular complexity index is 456. The molecule has 0 atom stereocenters. The highest BCUT2D eigenvalue weighted by Crippen LogP contribution is 2.18. The summed E-state index contributed by atoms with van der Waals surface area (Å²) in [4.78, 5) is 17.3. The molecule has 0 bridgehead atoms. The van der Waals surface area contributed by atoms with Gasteiger partial charge in [-0.1, -0.05) is 0 Å². The Morgan fingerprint density at radius 1 is 1.38 bits per heavy atom. The second-order valence-electron chi connectivity index (χ2n) is 2.70. The number of nitrogens with zero attached hydrogens (tertiary/aromatic N) is 1. The van der Waals surface area contributed by atoms with Crippen LogP contribution in [0, 0.1) is 6.92 Å². The number of aromatic nitrogens is 2. The van der Waals surface area contributed by atoms with E-state index in [0.717, 1.165) is 11.3 Å². The number of hydrogen-bond acceptors (Lipinski definition) is 3. The molecule has 66 valence electrons. The first-order chi connectivity index (χ1) is 6.27. The monoisotopic (exact) mass is 176 g/mol. The lowest BCUT2D eigenvalue weighted by molar-refractivity contribution is 0.528. The van der Waals surface area contributed by atoms with Crippen LogP contribution < -0.4 is 5.76 Å². The summed E-state index contributed by atoms with van der Waals surface area (Å²) in [6, 6.07) is 3.58. The van der Waals surface area contributed by atoms with E-state index >= 15 is 0 Å². The Labute approximate surface area is 74.2 Å². The van der Waals surface area contributed by atoms with Gasteiger partial charge in [0, 0.05) is 18.0 Å². The molecule has 0 radical (unpaired) electrons. The minimum absolute atomic E-state index is 0.427. The lowest BCUT2D eigenvalue weighted by Crippen LogP contribution is -1.94. The molecule has 0 spiro atoms. The maximum absolute atomic E-state index is 10.8. The van der Waals surface area contributed by atoms with Crippen LogP contribution in [0.15, 0.2) is 33.7 Å². The van der Waals surface area contributed by atoms with E-state index in [1.807, 2.05) is 0 Å². The molecule has 0 saturated carbocycles. The smallest absolute Gasteiger partial charge is 0.408 e. The minimum atomic E-state index is -0.427. The maximum atomic E-state index is 10.8. The van der Waals surface area contributed by atoms with E-state index in [4.69, 9.17) is 4.42 Å². The van der Waals surface area contributed by atoms with Gasteiger partial charge in [0.2, 0.25) is 0 Å². The molecule has 0 aliphatic carbocycles. The van der Waals surface area contributed by atoms with Crippen LogP contribution in [0.4, 0.5) is 0 Å². The van der Waals surface area contributed by atoms with Crippen molar-refractivity contribution in [2.45, 2.75) is 6.92 Å². The molecule has 0 saturated heterocycles. The Hall–Kier alpha value is -1.84. The standard InChI is InChI=1S/C9H8N2O2/c1-6-8(13-9(12)11-6)7-2-4-10-5-3-7/h2-5H,1H3,(H,11,12). The molecule has 2 rings (SSSR count). The molecule has 0 aliphatic rings. The summed E-state index contributed by atoms with van der Waals surface area (Å²) in [5.74, 6) is 0.150. The van der Waals surface area contributed by atoms with Crippen LogP contribution in [-0.2, 0) is 0 Å². The van der Waals surface area contributed by atoms with Crippen LogP contribution in [0.1, 0.15) is 5.69 Å². The first-order valence-electron chi connectivity index (χ1n) is 3.87. The van der Waals surface area contributed by atoms with E-state index < -0.39 is 5.76 Å². The van der Waals surface area contributed by atoms with Gasteiger partial charge in [-0.15, -0.1) is 0 Å². The van der Waals surface area contributed by atoms with Gasteiger partial charge >= 0.3 is 5.76 Å². The van der Waals surface area contributed by atoms with Gasteiger partial charge in [0.05, 0.1) is 5.69 Å². The molecule has 4 heteroatoms. The first kappa shape index (κ1) is 7.79. The average molecular weight is 176 g/mol. The van der Waals surface area contributed by atoms with Crippen molar-refractivity contribution in [3.8, 4) is 11.3 Å². The summed E-state index contributed by atoms with van der Waals surface area (Å²) in [6.07, 6.45) is 3.31. The normalized spacial score (nSPS) is 10.2. The van der Waals surface area contributed by atoms with Crippen LogP contribution in [0.25, 0.3) is 11.3 Å². The van der Waals surface area contributed by atoms with Gasteiger partial charge in [-0.25, -0.2) is 4.79 Å². The van der Waals surface area contributed by atoms with Gasteiger partial charge in [-0.2, -0.15) is 0 Å². The highest BCUT2D eigenvalue weighted by Gasteiger charge is 2.06. The van der Waals surface area contributed by atoms with E-state index in [2.05, 4.69) is 9.97 Å². The molecule has 2 aromatic heterocycles. The first-order valence-corrected chi connectivity index (χ1v) is 3.87. The predicted octanol–water partition coefficient (Wildman–Crippen LogP) is 1.34. The zero-order chi connectivity index (χ0) is 9.26. The van der Waals surface area contributed by atoms with Crippen LogP contribution in [0.5, 0.6) is 0 Å². The third kappa shape index (κ3) is 1.38. The fourth-order valence-electron chi connectivity index (χ4n) is 1.18. The molecule has 13 heavy (non-hydrogen) atoms. The number of oxazole rings is 1. The van der Waals surface area contributed by atoms with Gasteiger partial charge in [0.15, 0.2) is 5.76 Å². The summed E-state index contributed by atoms with van der Waals surface area (Å²) in [5.41, 5.74) is 1.59. The Kier molecular flexibility index (Phi) is 1.73. The molecule has 0 unspecified atom stereocenters. The van der Waals surface area contributed by atoms with Gasteiger partial charge in [-0.05, 0) is 19.1 Å². The number of nitrogens with one attached hydrogen (secondary N) is 1. The van der Waals surface area contributed by atoms with Crippen molar-refractivity contribution in [3.63, 3.8) is 0 Å². The van der Waals surface area contributed by atoms with Gasteiger partial charge in [0.1, 0.15) is 0 Å². The van der Waals surface area contributed by atoms with E-state index in [1.54, 1.807) is 31.5 Å². The van der Waals surface area contributed by atoms with Crippen molar-refractivity contribution >= 4 is 0 Å². The number of H-pyrrole nitrogens is 1. The number of aromatic amines is 1. The average Bonchev–Trinajstić information content (AvgIpc) is 2.47. The number of hydrogen-bond donors (Lipinski definition) is 1. The van der Waals surface area contributed by atoms with Crippen LogP contribution >= 0.6 is 0 Å². The topological polar surface area (TPSA) is 58.9 Å². The highest BCUT2D eigenvalue weighted by molar-refractivity contribution is 5.58. The molecular weight excluding hydrogens is 168 g/mol. The van der Waals surface area contributed by atoms with Crippen molar-refractivity contribution in [1.29, 1.82) is 0 Å². The zero-order valence-corrected chi connectivity index (χ0v) is 7.07. The summed E-state index contributed by atoms with van der Waals surface area (Å²) < 4.78 is 4.96. The van der Waals surface area contributed by atoms with Crippen LogP contribution in [-0.4, -0.2) is 9.97 Å². The lowest BCUT2D eigenvalue weighted by atomic mass is 10.2. The summed E-state index contributed by atoms with van der Waals surface area (Å²) >= 11 is 0. The molecule has 4 nitrogen and oxygen atoms in total. The summed E-state index contributed by atoms with van der Waals surface area (Å²) in [6.45, 7) is 1.79. The molecular formula is C9H8N2O2. The number of aryl methyl sites for hydroxylation is 1. The van der Waals surface area contributed by atoms with Gasteiger partial charge in [0.25, 0.3) is 0 Å². The molecule has 0 fully saturated rings. The molecule has 0 amide bonds. The minimum Gasteiger partial charge on any atom is -0.408 e. The molecule has 0 aromatic carbocycles. The van der Waals surface area contributed by atoms with E-state index in [-0.39, 0.29) is 0 Å². The Balaban J connectivity index is 2.59. The molecule has 2 heterocycles. The Morgan fingerprint density at radius 3 is 2.62 bits per heavy atom. The molecule has 0 aliphatic heterocycles. The summed E-state index contributed by atoms with van der Waals surface area (Å²) in [5, 5.41) is 0. The third-order valence-electron chi connectivity index (χ3n) is 1.77.